The molecule has 0 N–H and O–H groups in total. The molecule has 0 amide bonds. The fraction of sp³-hybridized carbons (Fsp3) is 0.147. The van der Waals surface area contributed by atoms with Gasteiger partial charge in [0.2, 0.25) is 0 Å². The van der Waals surface area contributed by atoms with E-state index in [1.54, 1.807) is 0 Å². The normalized spacial score (nSPS) is 11.6. The van der Waals surface area contributed by atoms with E-state index >= 15 is 0 Å². The molecule has 190 valence electrons. The zero-order valence-corrected chi connectivity index (χ0v) is 23.9. The molecule has 0 aliphatic heterocycles. The van der Waals surface area contributed by atoms with Crippen LogP contribution in [0.1, 0.15) is 47.8 Å². The molecule has 4 aromatic carbocycles. The van der Waals surface area contributed by atoms with E-state index in [0.717, 1.165) is 6.42 Å². The SMILES string of the molecule is BC(c1ccccc1)c1ccccc1.CCCC=C[SiH2]C(c1ccccc1)(c1ccccc1)n1ccnc1. The maximum Gasteiger partial charge on any atom is 0.116 e. The largest absolute Gasteiger partial charge is 0.326 e. The topological polar surface area (TPSA) is 17.8 Å². The average molecular weight is 513 g/mol. The fourth-order valence-electron chi connectivity index (χ4n) is 4.93. The highest BCUT2D eigenvalue weighted by Gasteiger charge is 2.34. The van der Waals surface area contributed by atoms with Crippen LogP contribution in [-0.2, 0) is 5.16 Å². The molecule has 0 aliphatic carbocycles. The number of unbranched alkanes of at least 4 members (excludes halogenated alkanes) is 1. The lowest BCUT2D eigenvalue weighted by Gasteiger charge is -2.36. The zero-order chi connectivity index (χ0) is 26.5. The van der Waals surface area contributed by atoms with Gasteiger partial charge in [0, 0.05) is 12.4 Å². The summed E-state index contributed by atoms with van der Waals surface area (Å²) in [5, 5.41) is -0.136. The van der Waals surface area contributed by atoms with Crippen molar-refractivity contribution >= 4 is 17.4 Å². The van der Waals surface area contributed by atoms with Crippen LogP contribution in [0.4, 0.5) is 0 Å². The smallest absolute Gasteiger partial charge is 0.116 e. The Morgan fingerprint density at radius 3 is 1.66 bits per heavy atom. The van der Waals surface area contributed by atoms with Gasteiger partial charge in [-0.15, -0.1) is 5.70 Å². The average Bonchev–Trinajstić information content (AvgIpc) is 3.55. The van der Waals surface area contributed by atoms with E-state index in [0.29, 0.717) is 5.82 Å². The molecule has 0 fully saturated rings. The fourth-order valence-corrected chi connectivity index (χ4v) is 7.02. The first-order valence-electron chi connectivity index (χ1n) is 13.6. The van der Waals surface area contributed by atoms with Gasteiger partial charge >= 0.3 is 0 Å². The van der Waals surface area contributed by atoms with Crippen LogP contribution in [0.3, 0.4) is 0 Å². The van der Waals surface area contributed by atoms with Crippen molar-refractivity contribution in [2.45, 2.75) is 30.7 Å². The van der Waals surface area contributed by atoms with Crippen LogP contribution < -0.4 is 0 Å². The van der Waals surface area contributed by atoms with Crippen molar-refractivity contribution in [3.8, 4) is 0 Å². The van der Waals surface area contributed by atoms with Crippen LogP contribution >= 0.6 is 0 Å². The summed E-state index contributed by atoms with van der Waals surface area (Å²) in [6.07, 6.45) is 10.6. The summed E-state index contributed by atoms with van der Waals surface area (Å²) < 4.78 is 2.29. The predicted octanol–water partition coefficient (Wildman–Crippen LogP) is 6.52. The quantitative estimate of drug-likeness (QED) is 0.206. The van der Waals surface area contributed by atoms with Gasteiger partial charge in [0.25, 0.3) is 0 Å². The molecule has 0 aliphatic rings. The third-order valence-corrected chi connectivity index (χ3v) is 9.42. The highest BCUT2D eigenvalue weighted by Crippen LogP contribution is 2.33. The standard InChI is InChI=1S/C21H24N2Si.C13H13B/c1-2-3-10-17-24-21(23-16-15-22-18-23,19-11-6-4-7-12-19)20-13-8-5-9-14-20;14-13(11-7-3-1-4-8-11)12-9-5-2-6-10-12/h4-18H,2-3,24H2,1H3;1-10,13H,14H2. The summed E-state index contributed by atoms with van der Waals surface area (Å²) in [4.78, 5) is 4.34. The lowest BCUT2D eigenvalue weighted by atomic mass is 9.76. The lowest BCUT2D eigenvalue weighted by molar-refractivity contribution is 0.596. The van der Waals surface area contributed by atoms with Crippen LogP contribution in [-0.4, -0.2) is 26.9 Å². The van der Waals surface area contributed by atoms with Gasteiger partial charge in [0.05, 0.1) is 21.0 Å². The molecular weight excluding hydrogens is 475 g/mol. The molecule has 0 radical (unpaired) electrons. The van der Waals surface area contributed by atoms with Gasteiger partial charge < -0.3 is 4.57 Å². The van der Waals surface area contributed by atoms with Crippen molar-refractivity contribution in [2.24, 2.45) is 0 Å². The van der Waals surface area contributed by atoms with Crippen molar-refractivity contribution in [3.63, 3.8) is 0 Å². The van der Waals surface area contributed by atoms with E-state index < -0.39 is 9.52 Å². The number of rotatable bonds is 9. The Labute approximate surface area is 231 Å². The van der Waals surface area contributed by atoms with Gasteiger partial charge in [-0.05, 0) is 34.5 Å². The Bertz CT molecular complexity index is 1260. The molecule has 0 bridgehead atoms. The Kier molecular flexibility index (Phi) is 10.1. The van der Waals surface area contributed by atoms with E-state index in [4.69, 9.17) is 0 Å². The zero-order valence-electron chi connectivity index (χ0n) is 22.5. The predicted molar refractivity (Wildman–Crippen MR) is 167 cm³/mol. The molecule has 5 aromatic rings. The Hall–Kier alpha value is -3.89. The van der Waals surface area contributed by atoms with Crippen LogP contribution in [0.5, 0.6) is 0 Å². The van der Waals surface area contributed by atoms with Crippen molar-refractivity contribution in [1.29, 1.82) is 0 Å². The molecular formula is C34H37BN2Si. The number of hydrogen-bond acceptors (Lipinski definition) is 1. The van der Waals surface area contributed by atoms with E-state index in [1.807, 2.05) is 12.5 Å². The number of hydrogen-bond donors (Lipinski definition) is 0. The summed E-state index contributed by atoms with van der Waals surface area (Å²) in [6, 6.07) is 42.9. The van der Waals surface area contributed by atoms with Gasteiger partial charge in [0.15, 0.2) is 0 Å². The summed E-state index contributed by atoms with van der Waals surface area (Å²) in [6.45, 7) is 2.23. The molecule has 0 saturated heterocycles. The maximum atomic E-state index is 4.34. The summed E-state index contributed by atoms with van der Waals surface area (Å²) in [5.74, 6) is 0.484. The third kappa shape index (κ3) is 6.70. The Morgan fingerprint density at radius 2 is 1.24 bits per heavy atom. The number of allylic oxidation sites excluding steroid dienone is 1. The van der Waals surface area contributed by atoms with Gasteiger partial charge in [0.1, 0.15) is 7.85 Å². The first-order chi connectivity index (χ1) is 18.8. The molecule has 0 spiro atoms. The van der Waals surface area contributed by atoms with Gasteiger partial charge in [-0.25, -0.2) is 4.98 Å². The summed E-state index contributed by atoms with van der Waals surface area (Å²) >= 11 is 0. The number of imidazole rings is 1. The Morgan fingerprint density at radius 1 is 0.763 bits per heavy atom. The second-order valence-corrected chi connectivity index (χ2v) is 11.5. The van der Waals surface area contributed by atoms with Crippen LogP contribution in [0, 0.1) is 0 Å². The maximum absolute atomic E-state index is 4.34. The van der Waals surface area contributed by atoms with E-state index in [-0.39, 0.29) is 5.16 Å². The first kappa shape index (κ1) is 27.2. The molecule has 0 unspecified atom stereocenters. The second-order valence-electron chi connectivity index (χ2n) is 9.57. The monoisotopic (exact) mass is 512 g/mol. The lowest BCUT2D eigenvalue weighted by Crippen LogP contribution is -2.41. The number of aromatic nitrogens is 2. The highest BCUT2D eigenvalue weighted by molar-refractivity contribution is 6.47. The van der Waals surface area contributed by atoms with Gasteiger partial charge in [-0.3, -0.25) is 0 Å². The molecule has 2 nitrogen and oxygen atoms in total. The van der Waals surface area contributed by atoms with Crippen LogP contribution in [0.15, 0.2) is 152 Å². The Balaban J connectivity index is 0.000000204. The summed E-state index contributed by atoms with van der Waals surface area (Å²) in [7, 11) is 1.62. The molecule has 5 rings (SSSR count). The molecule has 0 atom stereocenters. The molecule has 1 heterocycles. The van der Waals surface area contributed by atoms with Gasteiger partial charge in [-0.2, -0.15) is 0 Å². The minimum absolute atomic E-state index is 0.136. The van der Waals surface area contributed by atoms with Crippen molar-refractivity contribution in [3.05, 3.63) is 174 Å². The second kappa shape index (κ2) is 14.2. The first-order valence-corrected chi connectivity index (χ1v) is 15.1. The minimum atomic E-state index is -0.625. The van der Waals surface area contributed by atoms with E-state index in [9.17, 15) is 0 Å². The third-order valence-electron chi connectivity index (χ3n) is 7.08. The number of nitrogens with zero attached hydrogens (tertiary/aromatic N) is 2. The van der Waals surface area contributed by atoms with E-state index in [1.165, 1.54) is 28.7 Å². The number of benzene rings is 4. The minimum Gasteiger partial charge on any atom is -0.326 e. The molecule has 4 heteroatoms. The van der Waals surface area contributed by atoms with E-state index in [2.05, 4.69) is 164 Å². The molecule has 0 saturated carbocycles. The molecule has 38 heavy (non-hydrogen) atoms. The van der Waals surface area contributed by atoms with Crippen molar-refractivity contribution in [1.82, 2.24) is 9.55 Å². The van der Waals surface area contributed by atoms with Gasteiger partial charge in [-0.1, -0.05) is 141 Å². The van der Waals surface area contributed by atoms with Crippen molar-refractivity contribution < 1.29 is 0 Å². The summed E-state index contributed by atoms with van der Waals surface area (Å²) in [5.41, 5.74) is 7.87. The van der Waals surface area contributed by atoms with Crippen molar-refractivity contribution in [2.75, 3.05) is 0 Å². The van der Waals surface area contributed by atoms with Crippen LogP contribution in [0.25, 0.3) is 0 Å². The van der Waals surface area contributed by atoms with Crippen LogP contribution in [0.2, 0.25) is 0 Å². The molecule has 1 aromatic heterocycles. The highest BCUT2D eigenvalue weighted by atomic mass is 28.2.